The van der Waals surface area contributed by atoms with E-state index in [2.05, 4.69) is 46.0 Å². The van der Waals surface area contributed by atoms with Gasteiger partial charge >= 0.3 is 0 Å². The van der Waals surface area contributed by atoms with Crippen molar-refractivity contribution < 1.29 is 0 Å². The normalized spacial score (nSPS) is 10.6. The highest BCUT2D eigenvalue weighted by molar-refractivity contribution is 9.10. The van der Waals surface area contributed by atoms with E-state index in [9.17, 15) is 0 Å². The molecule has 2 aromatic rings. The van der Waals surface area contributed by atoms with Crippen LogP contribution in [0.5, 0.6) is 0 Å². The summed E-state index contributed by atoms with van der Waals surface area (Å²) in [6.45, 7) is 4.05. The second-order valence-electron chi connectivity index (χ2n) is 3.44. The molecule has 2 N–H and O–H groups in total. The molecule has 78 valence electrons. The standard InChI is InChI=1S/C11H11BrN2S/c1-6-3-4-8(9(12)5-6)11-14-10(13)7(2)15-11/h3-5H,13H2,1-2H3. The summed E-state index contributed by atoms with van der Waals surface area (Å²) in [5.74, 6) is 0.627. The summed E-state index contributed by atoms with van der Waals surface area (Å²) in [4.78, 5) is 5.40. The number of thiazole rings is 1. The first-order valence-electron chi connectivity index (χ1n) is 4.57. The highest BCUT2D eigenvalue weighted by Gasteiger charge is 2.09. The SMILES string of the molecule is Cc1ccc(-c2nc(N)c(C)s2)c(Br)c1. The van der Waals surface area contributed by atoms with E-state index in [0.29, 0.717) is 5.82 Å². The largest absolute Gasteiger partial charge is 0.383 e. The van der Waals surface area contributed by atoms with Crippen LogP contribution in [0.25, 0.3) is 10.6 Å². The first kappa shape index (κ1) is 10.6. The van der Waals surface area contributed by atoms with E-state index in [0.717, 1.165) is 19.9 Å². The molecule has 1 heterocycles. The zero-order valence-corrected chi connectivity index (χ0v) is 10.9. The molecule has 2 rings (SSSR count). The molecule has 0 fully saturated rings. The van der Waals surface area contributed by atoms with Gasteiger partial charge in [0.15, 0.2) is 0 Å². The topological polar surface area (TPSA) is 38.9 Å². The summed E-state index contributed by atoms with van der Waals surface area (Å²) in [6, 6.07) is 6.23. The summed E-state index contributed by atoms with van der Waals surface area (Å²) in [6.07, 6.45) is 0. The number of rotatable bonds is 1. The fraction of sp³-hybridized carbons (Fsp3) is 0.182. The number of nitrogens with two attached hydrogens (primary N) is 1. The number of halogens is 1. The van der Waals surface area contributed by atoms with Gasteiger partial charge in [-0.2, -0.15) is 0 Å². The first-order valence-corrected chi connectivity index (χ1v) is 6.18. The van der Waals surface area contributed by atoms with Crippen molar-refractivity contribution in [3.63, 3.8) is 0 Å². The third-order valence-corrected chi connectivity index (χ3v) is 3.86. The Morgan fingerprint density at radius 3 is 2.60 bits per heavy atom. The van der Waals surface area contributed by atoms with Crippen LogP contribution < -0.4 is 5.73 Å². The lowest BCUT2D eigenvalue weighted by Gasteiger charge is -2.01. The second kappa shape index (κ2) is 3.94. The Hall–Kier alpha value is -0.870. The molecule has 15 heavy (non-hydrogen) atoms. The molecule has 0 bridgehead atoms. The summed E-state index contributed by atoms with van der Waals surface area (Å²) in [5.41, 5.74) is 8.07. The molecule has 4 heteroatoms. The molecule has 2 nitrogen and oxygen atoms in total. The van der Waals surface area contributed by atoms with E-state index >= 15 is 0 Å². The number of aryl methyl sites for hydroxylation is 2. The van der Waals surface area contributed by atoms with Gasteiger partial charge in [0.25, 0.3) is 0 Å². The summed E-state index contributed by atoms with van der Waals surface area (Å²) in [7, 11) is 0. The van der Waals surface area contributed by atoms with Crippen LogP contribution in [0.2, 0.25) is 0 Å². The summed E-state index contributed by atoms with van der Waals surface area (Å²) >= 11 is 5.16. The number of benzene rings is 1. The minimum Gasteiger partial charge on any atom is -0.383 e. The Bertz CT molecular complexity index is 486. The van der Waals surface area contributed by atoms with Crippen molar-refractivity contribution in [1.29, 1.82) is 0 Å². The molecule has 0 saturated carbocycles. The van der Waals surface area contributed by atoms with Gasteiger partial charge in [-0.1, -0.05) is 28.1 Å². The Morgan fingerprint density at radius 2 is 2.07 bits per heavy atom. The van der Waals surface area contributed by atoms with Gasteiger partial charge in [-0.25, -0.2) is 4.98 Å². The molecule has 0 radical (unpaired) electrons. The lowest BCUT2D eigenvalue weighted by molar-refractivity contribution is 1.37. The van der Waals surface area contributed by atoms with Crippen molar-refractivity contribution in [3.05, 3.63) is 33.1 Å². The summed E-state index contributed by atoms with van der Waals surface area (Å²) < 4.78 is 1.07. The number of aromatic nitrogens is 1. The van der Waals surface area contributed by atoms with Gasteiger partial charge in [0, 0.05) is 14.9 Å². The fourth-order valence-electron chi connectivity index (χ4n) is 1.32. The maximum Gasteiger partial charge on any atom is 0.138 e. The Kier molecular flexibility index (Phi) is 2.80. The van der Waals surface area contributed by atoms with E-state index in [4.69, 9.17) is 5.73 Å². The smallest absolute Gasteiger partial charge is 0.138 e. The van der Waals surface area contributed by atoms with Crippen LogP contribution in [0.3, 0.4) is 0 Å². The van der Waals surface area contributed by atoms with Crippen LogP contribution in [0.15, 0.2) is 22.7 Å². The molecule has 0 unspecified atom stereocenters. The van der Waals surface area contributed by atoms with Gasteiger partial charge in [0.05, 0.1) is 0 Å². The molecule has 0 aliphatic carbocycles. The summed E-state index contributed by atoms with van der Waals surface area (Å²) in [5, 5.41) is 0.969. The van der Waals surface area contributed by atoms with Crippen LogP contribution in [0, 0.1) is 13.8 Å². The van der Waals surface area contributed by atoms with Gasteiger partial charge < -0.3 is 5.73 Å². The number of nitrogen functional groups attached to an aromatic ring is 1. The lowest BCUT2D eigenvalue weighted by atomic mass is 10.2. The van der Waals surface area contributed by atoms with Crippen LogP contribution in [0.4, 0.5) is 5.82 Å². The van der Waals surface area contributed by atoms with Crippen molar-refractivity contribution >= 4 is 33.1 Å². The molecule has 0 atom stereocenters. The minimum absolute atomic E-state index is 0.627. The van der Waals surface area contributed by atoms with E-state index in [1.807, 2.05) is 6.92 Å². The van der Waals surface area contributed by atoms with E-state index in [1.165, 1.54) is 5.56 Å². The number of anilines is 1. The minimum atomic E-state index is 0.627. The van der Waals surface area contributed by atoms with Crippen molar-refractivity contribution in [2.45, 2.75) is 13.8 Å². The Labute approximate surface area is 101 Å². The highest BCUT2D eigenvalue weighted by atomic mass is 79.9. The lowest BCUT2D eigenvalue weighted by Crippen LogP contribution is -1.86. The van der Waals surface area contributed by atoms with E-state index < -0.39 is 0 Å². The zero-order valence-electron chi connectivity index (χ0n) is 8.54. The fourth-order valence-corrected chi connectivity index (χ4v) is 3.00. The molecular weight excluding hydrogens is 272 g/mol. The monoisotopic (exact) mass is 282 g/mol. The van der Waals surface area contributed by atoms with Crippen molar-refractivity contribution in [2.24, 2.45) is 0 Å². The number of nitrogens with zero attached hydrogens (tertiary/aromatic N) is 1. The van der Waals surface area contributed by atoms with Crippen LogP contribution in [0.1, 0.15) is 10.4 Å². The Balaban J connectivity index is 2.54. The highest BCUT2D eigenvalue weighted by Crippen LogP contribution is 2.34. The molecule has 1 aromatic heterocycles. The van der Waals surface area contributed by atoms with Crippen molar-refractivity contribution in [1.82, 2.24) is 4.98 Å². The maximum absolute atomic E-state index is 5.74. The third-order valence-electron chi connectivity index (χ3n) is 2.19. The molecule has 1 aromatic carbocycles. The molecule has 0 aliphatic rings. The van der Waals surface area contributed by atoms with Gasteiger partial charge in [-0.05, 0) is 25.5 Å². The molecule has 0 aliphatic heterocycles. The van der Waals surface area contributed by atoms with Gasteiger partial charge in [0.2, 0.25) is 0 Å². The first-order chi connectivity index (χ1) is 7.08. The maximum atomic E-state index is 5.74. The van der Waals surface area contributed by atoms with Crippen LogP contribution in [-0.2, 0) is 0 Å². The van der Waals surface area contributed by atoms with E-state index in [1.54, 1.807) is 11.3 Å². The average Bonchev–Trinajstić information content (AvgIpc) is 2.46. The van der Waals surface area contributed by atoms with E-state index in [-0.39, 0.29) is 0 Å². The van der Waals surface area contributed by atoms with Crippen molar-refractivity contribution in [2.75, 3.05) is 5.73 Å². The molecule has 0 amide bonds. The number of hydrogen-bond donors (Lipinski definition) is 1. The zero-order chi connectivity index (χ0) is 11.0. The Morgan fingerprint density at radius 1 is 1.33 bits per heavy atom. The van der Waals surface area contributed by atoms with Gasteiger partial charge in [0.1, 0.15) is 10.8 Å². The molecule has 0 saturated heterocycles. The van der Waals surface area contributed by atoms with Gasteiger partial charge in [-0.15, -0.1) is 11.3 Å². The van der Waals surface area contributed by atoms with Gasteiger partial charge in [-0.3, -0.25) is 0 Å². The second-order valence-corrected chi connectivity index (χ2v) is 5.50. The quantitative estimate of drug-likeness (QED) is 0.865. The van der Waals surface area contributed by atoms with Crippen LogP contribution in [-0.4, -0.2) is 4.98 Å². The average molecular weight is 283 g/mol. The predicted octanol–water partition coefficient (Wildman–Crippen LogP) is 3.77. The number of hydrogen-bond acceptors (Lipinski definition) is 3. The van der Waals surface area contributed by atoms with Crippen molar-refractivity contribution in [3.8, 4) is 10.6 Å². The molecular formula is C11H11BrN2S. The third kappa shape index (κ3) is 2.06. The van der Waals surface area contributed by atoms with Crippen LogP contribution >= 0.6 is 27.3 Å². The predicted molar refractivity (Wildman–Crippen MR) is 69.1 cm³/mol. The molecule has 0 spiro atoms.